The van der Waals surface area contributed by atoms with Gasteiger partial charge < -0.3 is 19.9 Å². The number of amides is 3. The highest BCUT2D eigenvalue weighted by atomic mass is 32.2. The number of carbonyl (C=O) groups excluding carboxylic acids is 3. The minimum absolute atomic E-state index is 0.0582. The summed E-state index contributed by atoms with van der Waals surface area (Å²) in [6.45, 7) is 5.01. The van der Waals surface area contributed by atoms with Crippen LogP contribution >= 0.6 is 0 Å². The number of carbonyl (C=O) groups is 3. The van der Waals surface area contributed by atoms with Gasteiger partial charge in [0.1, 0.15) is 29.1 Å². The molecule has 2 aliphatic rings. The van der Waals surface area contributed by atoms with E-state index in [1.165, 1.54) is 21.9 Å². The van der Waals surface area contributed by atoms with Gasteiger partial charge in [-0.25, -0.2) is 18.5 Å². The van der Waals surface area contributed by atoms with Crippen LogP contribution in [-0.2, 0) is 33.3 Å². The van der Waals surface area contributed by atoms with Crippen LogP contribution in [0.5, 0.6) is 0 Å². The van der Waals surface area contributed by atoms with Crippen LogP contribution in [0.2, 0.25) is 0 Å². The van der Waals surface area contributed by atoms with Crippen molar-refractivity contribution in [3.05, 3.63) is 64.2 Å². The Hall–Kier alpha value is -3.85. The number of pyridine rings is 1. The quantitative estimate of drug-likeness (QED) is 0.400. The molecule has 3 N–H and O–H groups in total. The highest BCUT2D eigenvalue weighted by Crippen LogP contribution is 2.32. The fourth-order valence-corrected chi connectivity index (χ4v) is 4.69. The largest absolute Gasteiger partial charge is 0.443 e. The highest BCUT2D eigenvalue weighted by molar-refractivity contribution is 7.82. The summed E-state index contributed by atoms with van der Waals surface area (Å²) < 4.78 is 70.5. The van der Waals surface area contributed by atoms with Crippen molar-refractivity contribution >= 4 is 34.6 Å². The predicted molar refractivity (Wildman–Crippen MR) is 139 cm³/mol. The molecule has 220 valence electrons. The first-order chi connectivity index (χ1) is 19.0. The van der Waals surface area contributed by atoms with Crippen molar-refractivity contribution in [3.63, 3.8) is 0 Å². The third-order valence-corrected chi connectivity index (χ3v) is 7.29. The van der Waals surface area contributed by atoms with Crippen LogP contribution < -0.4 is 10.5 Å². The number of rotatable bonds is 5. The second-order valence-electron chi connectivity index (χ2n) is 10.6. The van der Waals surface area contributed by atoms with Gasteiger partial charge in [-0.1, -0.05) is 20.8 Å². The Labute approximate surface area is 235 Å². The molecule has 0 saturated carbocycles. The van der Waals surface area contributed by atoms with E-state index < -0.39 is 58.5 Å². The van der Waals surface area contributed by atoms with Gasteiger partial charge >= 0.3 is 12.3 Å². The average Bonchev–Trinajstić information content (AvgIpc) is 3.45. The van der Waals surface area contributed by atoms with Crippen molar-refractivity contribution in [3.8, 4) is 0 Å². The normalized spacial score (nSPS) is 16.1. The third-order valence-electron chi connectivity index (χ3n) is 6.53. The Kier molecular flexibility index (Phi) is 8.23. The van der Waals surface area contributed by atoms with Crippen LogP contribution in [0.25, 0.3) is 0 Å². The van der Waals surface area contributed by atoms with E-state index in [4.69, 9.17) is 9.88 Å². The summed E-state index contributed by atoms with van der Waals surface area (Å²) in [5, 5.41) is 7.64. The van der Waals surface area contributed by atoms with Crippen molar-refractivity contribution in [1.29, 1.82) is 0 Å². The molecule has 0 bridgehead atoms. The number of ether oxygens (including phenoxy) is 1. The summed E-state index contributed by atoms with van der Waals surface area (Å²) in [5.74, 6) is -1.84. The first-order valence-electron chi connectivity index (χ1n) is 12.3. The van der Waals surface area contributed by atoms with Gasteiger partial charge in [0.15, 0.2) is 0 Å². The Morgan fingerprint density at radius 2 is 1.66 bits per heavy atom. The second kappa shape index (κ2) is 11.2. The van der Waals surface area contributed by atoms with E-state index in [-0.39, 0.29) is 48.0 Å². The van der Waals surface area contributed by atoms with Crippen LogP contribution in [-0.4, -0.2) is 63.1 Å². The van der Waals surface area contributed by atoms with Gasteiger partial charge in [0.05, 0.1) is 16.1 Å². The van der Waals surface area contributed by atoms with Crippen LogP contribution in [0.15, 0.2) is 46.5 Å². The zero-order chi connectivity index (χ0) is 30.3. The Balaban J connectivity index is 1.37. The zero-order valence-corrected chi connectivity index (χ0v) is 23.1. The van der Waals surface area contributed by atoms with Gasteiger partial charge in [0.25, 0.3) is 5.91 Å². The maximum absolute atomic E-state index is 14.1. The lowest BCUT2D eigenvalue weighted by Crippen LogP contribution is -2.36. The average molecular weight is 598 g/mol. The molecule has 1 atom stereocenters. The molecule has 2 aromatic rings. The molecule has 3 amide bonds. The molecule has 4 rings (SSSR count). The highest BCUT2D eigenvalue weighted by Gasteiger charge is 2.36. The summed E-state index contributed by atoms with van der Waals surface area (Å²) in [7, 11) is -2.03. The molecular formula is C26H27F4N5O5S. The number of benzene rings is 1. The minimum Gasteiger partial charge on any atom is -0.443 e. The van der Waals surface area contributed by atoms with Gasteiger partial charge in [0, 0.05) is 43.4 Å². The summed E-state index contributed by atoms with van der Waals surface area (Å²) in [6.07, 6.45) is -4.84. The SMILES string of the molecule is CC(C)(C)C(=O)Nc1cc(C(F)(F)F)cnc1COC(=O)N1CC2=C(C1)CN(C(=O)c1ccc(S(N)=O)c(F)c1)C2. The Morgan fingerprint density at radius 1 is 1.05 bits per heavy atom. The van der Waals surface area contributed by atoms with E-state index in [1.54, 1.807) is 20.8 Å². The molecule has 0 radical (unpaired) electrons. The van der Waals surface area contributed by atoms with E-state index >= 15 is 0 Å². The maximum Gasteiger partial charge on any atom is 0.417 e. The number of nitrogens with two attached hydrogens (primary N) is 1. The summed E-state index contributed by atoms with van der Waals surface area (Å²) in [5.41, 5.74) is -0.566. The molecule has 1 unspecified atom stereocenters. The van der Waals surface area contributed by atoms with Gasteiger partial charge in [0.2, 0.25) is 5.91 Å². The fraction of sp³-hybridized carbons (Fsp3) is 0.385. The van der Waals surface area contributed by atoms with Gasteiger partial charge in [-0.3, -0.25) is 14.6 Å². The van der Waals surface area contributed by atoms with E-state index in [2.05, 4.69) is 10.3 Å². The molecule has 0 fully saturated rings. The third kappa shape index (κ3) is 6.73. The van der Waals surface area contributed by atoms with Crippen LogP contribution in [0, 0.1) is 11.2 Å². The first kappa shape index (κ1) is 30.1. The minimum atomic E-state index is -4.69. The van der Waals surface area contributed by atoms with Crippen LogP contribution in [0.3, 0.4) is 0 Å². The lowest BCUT2D eigenvalue weighted by atomic mass is 9.95. The van der Waals surface area contributed by atoms with Crippen LogP contribution in [0.1, 0.15) is 42.4 Å². The molecule has 10 nitrogen and oxygen atoms in total. The number of nitrogens with zero attached hydrogens (tertiary/aromatic N) is 3. The second-order valence-corrected chi connectivity index (χ2v) is 11.7. The maximum atomic E-state index is 14.1. The predicted octanol–water partition coefficient (Wildman–Crippen LogP) is 3.61. The van der Waals surface area contributed by atoms with Crippen molar-refractivity contribution in [2.75, 3.05) is 31.5 Å². The van der Waals surface area contributed by atoms with Crippen molar-refractivity contribution in [1.82, 2.24) is 14.8 Å². The Bertz CT molecular complexity index is 1450. The number of halogens is 4. The number of hydrogen-bond acceptors (Lipinski definition) is 6. The van der Waals surface area contributed by atoms with E-state index in [9.17, 15) is 36.2 Å². The van der Waals surface area contributed by atoms with Crippen LogP contribution in [0.4, 0.5) is 28.0 Å². The summed E-state index contributed by atoms with van der Waals surface area (Å²) in [6, 6.07) is 4.25. The first-order valence-corrected chi connectivity index (χ1v) is 13.5. The van der Waals surface area contributed by atoms with Crippen molar-refractivity contribution in [2.45, 2.75) is 38.4 Å². The van der Waals surface area contributed by atoms with Crippen molar-refractivity contribution in [2.24, 2.45) is 10.6 Å². The standard InChI is InChI=1S/C26H27F4N5O5S/c1-25(2,3)23(37)33-19-7-17(26(28,29)30)8-32-20(19)13-40-24(38)35-11-15-9-34(10-16(15)12-35)22(36)14-4-5-21(41(31)39)18(27)6-14/h4-8H,9-13,31H2,1-3H3,(H,33,37). The van der Waals surface area contributed by atoms with Gasteiger partial charge in [-0.2, -0.15) is 13.2 Å². The molecule has 2 aliphatic heterocycles. The lowest BCUT2D eigenvalue weighted by Gasteiger charge is -2.23. The smallest absolute Gasteiger partial charge is 0.417 e. The number of alkyl halides is 3. The molecule has 41 heavy (non-hydrogen) atoms. The number of aromatic nitrogens is 1. The monoisotopic (exact) mass is 597 g/mol. The zero-order valence-electron chi connectivity index (χ0n) is 22.3. The number of anilines is 1. The molecule has 0 saturated heterocycles. The molecule has 3 heterocycles. The topological polar surface area (TPSA) is 135 Å². The molecule has 0 spiro atoms. The van der Waals surface area contributed by atoms with Gasteiger partial charge in [-0.15, -0.1) is 0 Å². The Morgan fingerprint density at radius 3 is 2.20 bits per heavy atom. The molecule has 1 aromatic carbocycles. The van der Waals surface area contributed by atoms with E-state index in [1.807, 2.05) is 0 Å². The van der Waals surface area contributed by atoms with E-state index in [0.717, 1.165) is 23.3 Å². The molecule has 0 aliphatic carbocycles. The molecule has 15 heteroatoms. The summed E-state index contributed by atoms with van der Waals surface area (Å²) in [4.78, 5) is 44.5. The fourth-order valence-electron chi connectivity index (χ4n) is 4.24. The molecule has 1 aromatic heterocycles. The number of hydrogen-bond donors (Lipinski definition) is 2. The number of nitrogens with one attached hydrogen (secondary N) is 1. The van der Waals surface area contributed by atoms with E-state index in [0.29, 0.717) is 6.20 Å². The lowest BCUT2D eigenvalue weighted by molar-refractivity contribution is -0.137. The van der Waals surface area contributed by atoms with Gasteiger partial charge in [-0.05, 0) is 35.4 Å². The molecular weight excluding hydrogens is 570 g/mol. The van der Waals surface area contributed by atoms with Crippen molar-refractivity contribution < 1.29 is 40.9 Å². The summed E-state index contributed by atoms with van der Waals surface area (Å²) >= 11 is 0.